The van der Waals surface area contributed by atoms with E-state index in [0.29, 0.717) is 34.8 Å². The molecular weight excluding hydrogens is 502 g/mol. The fraction of sp³-hybridized carbons (Fsp3) is 0.310. The number of carbonyl (C=O) groups excluding carboxylic acids is 2. The Kier molecular flexibility index (Phi) is 7.60. The molecule has 1 aromatic heterocycles. The van der Waals surface area contributed by atoms with Gasteiger partial charge in [0.15, 0.2) is 0 Å². The number of para-hydroxylation sites is 1. The summed E-state index contributed by atoms with van der Waals surface area (Å²) >= 11 is 6.13. The molecule has 1 heterocycles. The molecule has 1 N–H and O–H groups in total. The van der Waals surface area contributed by atoms with Crippen molar-refractivity contribution in [3.8, 4) is 5.75 Å². The number of carbonyl (C=O) groups is 2. The Labute approximate surface area is 226 Å². The Morgan fingerprint density at radius 2 is 1.71 bits per heavy atom. The van der Waals surface area contributed by atoms with Gasteiger partial charge >= 0.3 is 0 Å². The van der Waals surface area contributed by atoms with Crippen molar-refractivity contribution in [1.29, 1.82) is 0 Å². The maximum Gasteiger partial charge on any atom is 0.250 e. The third-order valence-corrected chi connectivity index (χ3v) is 7.48. The van der Waals surface area contributed by atoms with Crippen LogP contribution in [-0.4, -0.2) is 44.4 Å². The van der Waals surface area contributed by atoms with Gasteiger partial charge in [0, 0.05) is 17.3 Å². The summed E-state index contributed by atoms with van der Waals surface area (Å²) in [7, 11) is 1.60. The number of methoxy groups -OCH3 is 1. The van der Waals surface area contributed by atoms with Crippen LogP contribution in [0.25, 0.3) is 11.0 Å². The second-order valence-electron chi connectivity index (χ2n) is 9.62. The van der Waals surface area contributed by atoms with Gasteiger partial charge in [0.25, 0.3) is 0 Å². The first kappa shape index (κ1) is 25.7. The molecule has 1 fully saturated rings. The van der Waals surface area contributed by atoms with E-state index in [9.17, 15) is 9.59 Å². The predicted molar refractivity (Wildman–Crippen MR) is 147 cm³/mol. The normalized spacial score (nSPS) is 14.7. The van der Waals surface area contributed by atoms with Crippen LogP contribution in [-0.2, 0) is 22.7 Å². The molecule has 0 bridgehead atoms. The van der Waals surface area contributed by atoms with Gasteiger partial charge in [-0.2, -0.15) is 0 Å². The van der Waals surface area contributed by atoms with Gasteiger partial charge in [-0.05, 0) is 66.9 Å². The minimum absolute atomic E-state index is 0.0222. The molecule has 1 saturated carbocycles. The Hall–Kier alpha value is -3.91. The zero-order chi connectivity index (χ0) is 26.5. The first-order valence-corrected chi connectivity index (χ1v) is 13.1. The number of hydrogen-bond acceptors (Lipinski definition) is 5. The number of aromatic nitrogens is 3. The highest BCUT2D eigenvalue weighted by atomic mass is 35.5. The Morgan fingerprint density at radius 3 is 2.42 bits per heavy atom. The quantitative estimate of drug-likeness (QED) is 0.326. The van der Waals surface area contributed by atoms with Gasteiger partial charge in [-0.25, -0.2) is 4.68 Å². The van der Waals surface area contributed by atoms with Gasteiger partial charge in [-0.15, -0.1) is 5.10 Å². The number of halogens is 1. The second kappa shape index (κ2) is 11.2. The monoisotopic (exact) mass is 531 g/mol. The van der Waals surface area contributed by atoms with Crippen molar-refractivity contribution in [2.75, 3.05) is 12.4 Å². The largest absolute Gasteiger partial charge is 0.497 e. The number of hydrogen-bond donors (Lipinski definition) is 1. The summed E-state index contributed by atoms with van der Waals surface area (Å²) in [4.78, 5) is 29.9. The fourth-order valence-electron chi connectivity index (χ4n) is 5.18. The highest BCUT2D eigenvalue weighted by molar-refractivity contribution is 6.30. The fourth-order valence-corrected chi connectivity index (χ4v) is 5.30. The van der Waals surface area contributed by atoms with E-state index in [4.69, 9.17) is 16.3 Å². The van der Waals surface area contributed by atoms with Crippen LogP contribution in [0, 0.1) is 0 Å². The van der Waals surface area contributed by atoms with Crippen LogP contribution in [0.15, 0.2) is 72.8 Å². The van der Waals surface area contributed by atoms with E-state index in [1.807, 2.05) is 36.4 Å². The number of rotatable bonds is 8. The van der Waals surface area contributed by atoms with E-state index in [-0.39, 0.29) is 24.9 Å². The van der Waals surface area contributed by atoms with Crippen molar-refractivity contribution in [1.82, 2.24) is 19.9 Å². The summed E-state index contributed by atoms with van der Waals surface area (Å²) in [6.45, 7) is 0.254. The SMILES string of the molecule is COc1ccc(NC(=O)C2(N(Cc3ccc(Cl)cc3)C(=O)Cn3nnc4ccccc43)CCCCC2)cc1. The van der Waals surface area contributed by atoms with Gasteiger partial charge in [0.1, 0.15) is 23.3 Å². The van der Waals surface area contributed by atoms with E-state index in [1.54, 1.807) is 53.1 Å². The molecule has 1 aliphatic carbocycles. The first-order chi connectivity index (χ1) is 18.5. The van der Waals surface area contributed by atoms with Crippen molar-refractivity contribution in [2.45, 2.75) is 50.7 Å². The maximum atomic E-state index is 14.1. The Morgan fingerprint density at radius 1 is 1.00 bits per heavy atom. The highest BCUT2D eigenvalue weighted by Gasteiger charge is 2.47. The molecule has 5 rings (SSSR count). The standard InChI is InChI=1S/C29H30ClN5O3/c1-38-24-15-13-23(14-16-24)31-28(37)29(17-5-2-6-18-29)34(19-21-9-11-22(30)12-10-21)27(36)20-35-26-8-4-3-7-25(26)32-33-35/h3-4,7-16H,2,5-6,17-20H2,1H3,(H,31,37). The second-order valence-corrected chi connectivity index (χ2v) is 10.1. The number of nitrogens with one attached hydrogen (secondary N) is 1. The molecule has 3 aromatic carbocycles. The lowest BCUT2D eigenvalue weighted by Crippen LogP contribution is -2.60. The van der Waals surface area contributed by atoms with Crippen LogP contribution in [0.4, 0.5) is 5.69 Å². The maximum absolute atomic E-state index is 14.1. The summed E-state index contributed by atoms with van der Waals surface area (Å²) in [5.74, 6) is 0.325. The summed E-state index contributed by atoms with van der Waals surface area (Å²) in [5.41, 5.74) is 2.03. The smallest absolute Gasteiger partial charge is 0.250 e. The number of amides is 2. The van der Waals surface area contributed by atoms with Crippen molar-refractivity contribution in [3.05, 3.63) is 83.4 Å². The molecule has 0 unspecified atom stereocenters. The zero-order valence-electron chi connectivity index (χ0n) is 21.3. The Bertz CT molecular complexity index is 1410. The van der Waals surface area contributed by atoms with Crippen molar-refractivity contribution in [3.63, 3.8) is 0 Å². The van der Waals surface area contributed by atoms with Gasteiger partial charge in [-0.3, -0.25) is 9.59 Å². The average Bonchev–Trinajstić information content (AvgIpc) is 3.36. The van der Waals surface area contributed by atoms with E-state index < -0.39 is 5.54 Å². The molecule has 2 amide bonds. The summed E-state index contributed by atoms with van der Waals surface area (Å²) in [5, 5.41) is 12.1. The molecule has 9 heteroatoms. The molecule has 0 saturated heterocycles. The molecule has 4 aromatic rings. The number of ether oxygens (including phenoxy) is 1. The summed E-state index contributed by atoms with van der Waals surface area (Å²) < 4.78 is 6.85. The molecule has 8 nitrogen and oxygen atoms in total. The number of nitrogens with zero attached hydrogens (tertiary/aromatic N) is 4. The Balaban J connectivity index is 1.50. The van der Waals surface area contributed by atoms with E-state index in [1.165, 1.54) is 0 Å². The topological polar surface area (TPSA) is 89.4 Å². The zero-order valence-corrected chi connectivity index (χ0v) is 22.0. The molecule has 0 radical (unpaired) electrons. The minimum Gasteiger partial charge on any atom is -0.497 e. The van der Waals surface area contributed by atoms with Crippen molar-refractivity contribution >= 4 is 40.1 Å². The van der Waals surface area contributed by atoms with Gasteiger partial charge < -0.3 is 15.0 Å². The van der Waals surface area contributed by atoms with Crippen LogP contribution in [0.2, 0.25) is 5.02 Å². The number of anilines is 1. The lowest BCUT2D eigenvalue weighted by molar-refractivity contribution is -0.149. The van der Waals surface area contributed by atoms with Crippen LogP contribution < -0.4 is 10.1 Å². The summed E-state index contributed by atoms with van der Waals surface area (Å²) in [6, 6.07) is 22.1. The van der Waals surface area contributed by atoms with Gasteiger partial charge in [0.2, 0.25) is 11.8 Å². The molecule has 1 aliphatic rings. The lowest BCUT2D eigenvalue weighted by atomic mass is 9.78. The van der Waals surface area contributed by atoms with Crippen LogP contribution in [0.3, 0.4) is 0 Å². The third-order valence-electron chi connectivity index (χ3n) is 7.23. The molecule has 0 spiro atoms. The van der Waals surface area contributed by atoms with E-state index >= 15 is 0 Å². The van der Waals surface area contributed by atoms with Crippen LogP contribution in [0.1, 0.15) is 37.7 Å². The minimum atomic E-state index is -1.01. The summed E-state index contributed by atoms with van der Waals surface area (Å²) in [6.07, 6.45) is 3.88. The third kappa shape index (κ3) is 5.36. The average molecular weight is 532 g/mol. The van der Waals surface area contributed by atoms with Gasteiger partial charge in [-0.1, -0.05) is 60.3 Å². The van der Waals surface area contributed by atoms with Crippen LogP contribution in [0.5, 0.6) is 5.75 Å². The number of benzene rings is 3. The first-order valence-electron chi connectivity index (χ1n) is 12.8. The van der Waals surface area contributed by atoms with Crippen molar-refractivity contribution < 1.29 is 14.3 Å². The molecule has 38 heavy (non-hydrogen) atoms. The van der Waals surface area contributed by atoms with Gasteiger partial charge in [0.05, 0.1) is 12.6 Å². The van der Waals surface area contributed by atoms with E-state index in [2.05, 4.69) is 15.6 Å². The molecule has 0 atom stereocenters. The van der Waals surface area contributed by atoms with Crippen LogP contribution >= 0.6 is 11.6 Å². The van der Waals surface area contributed by atoms with Crippen molar-refractivity contribution in [2.24, 2.45) is 0 Å². The molecule has 196 valence electrons. The lowest BCUT2D eigenvalue weighted by Gasteiger charge is -2.45. The predicted octanol–water partition coefficient (Wildman–Crippen LogP) is 5.46. The molecule has 0 aliphatic heterocycles. The van der Waals surface area contributed by atoms with E-state index in [0.717, 1.165) is 30.3 Å². The molecular formula is C29H30ClN5O3. The highest BCUT2D eigenvalue weighted by Crippen LogP contribution is 2.37. The number of fused-ring (bicyclic) bond motifs is 1.